The number of thiophene rings is 1. The van der Waals surface area contributed by atoms with E-state index in [2.05, 4.69) is 85.6 Å². The molecular weight excluding hydrogens is 348 g/mol. The zero-order valence-corrected chi connectivity index (χ0v) is 17.2. The molecule has 2 heterocycles. The monoisotopic (exact) mass is 376 g/mol. The van der Waals surface area contributed by atoms with Crippen molar-refractivity contribution in [2.45, 2.75) is 45.2 Å². The van der Waals surface area contributed by atoms with Crippen LogP contribution in [0.3, 0.4) is 0 Å². The smallest absolute Gasteiger partial charge is 0.0429 e. The molecule has 3 heteroatoms. The number of fused-ring (bicyclic) bond motifs is 1. The predicted molar refractivity (Wildman–Crippen MR) is 117 cm³/mol. The van der Waals surface area contributed by atoms with E-state index < -0.39 is 0 Å². The fourth-order valence-corrected chi connectivity index (χ4v) is 4.83. The highest BCUT2D eigenvalue weighted by Crippen LogP contribution is 2.45. The zero-order valence-electron chi connectivity index (χ0n) is 16.4. The van der Waals surface area contributed by atoms with Crippen LogP contribution in [-0.2, 0) is 12.0 Å². The van der Waals surface area contributed by atoms with Gasteiger partial charge in [-0.25, -0.2) is 0 Å². The van der Waals surface area contributed by atoms with Gasteiger partial charge in [-0.05, 0) is 64.6 Å². The number of hydrogen-bond acceptors (Lipinski definition) is 3. The normalized spacial score (nSPS) is 16.8. The van der Waals surface area contributed by atoms with Crippen molar-refractivity contribution in [3.05, 3.63) is 76.7 Å². The molecule has 0 amide bonds. The molecule has 0 saturated carbocycles. The molecule has 0 bridgehead atoms. The summed E-state index contributed by atoms with van der Waals surface area (Å²) in [5.41, 5.74) is 13.3. The van der Waals surface area contributed by atoms with Gasteiger partial charge in [-0.1, -0.05) is 50.2 Å². The van der Waals surface area contributed by atoms with E-state index in [0.29, 0.717) is 0 Å². The maximum Gasteiger partial charge on any atom is 0.0429 e. The zero-order chi connectivity index (χ0) is 19.0. The van der Waals surface area contributed by atoms with Crippen LogP contribution in [-0.4, -0.2) is 6.54 Å². The van der Waals surface area contributed by atoms with E-state index in [9.17, 15) is 0 Å². The van der Waals surface area contributed by atoms with Gasteiger partial charge in [0.05, 0.1) is 0 Å². The molecule has 3 aromatic rings. The molecule has 2 N–H and O–H groups in total. The van der Waals surface area contributed by atoms with Crippen molar-refractivity contribution >= 4 is 17.0 Å². The molecule has 0 spiro atoms. The van der Waals surface area contributed by atoms with Gasteiger partial charge in [0.1, 0.15) is 0 Å². The van der Waals surface area contributed by atoms with Crippen LogP contribution < -0.4 is 10.6 Å². The Bertz CT molecular complexity index is 911. The number of benzene rings is 2. The minimum absolute atomic E-state index is 0.0102. The molecule has 1 atom stereocenters. The highest BCUT2D eigenvalue weighted by molar-refractivity contribution is 7.13. The van der Waals surface area contributed by atoms with Gasteiger partial charge in [0.25, 0.3) is 0 Å². The van der Waals surface area contributed by atoms with Crippen molar-refractivity contribution in [2.24, 2.45) is 5.73 Å². The molecule has 2 nitrogen and oxygen atoms in total. The van der Waals surface area contributed by atoms with Crippen LogP contribution in [0.2, 0.25) is 0 Å². The van der Waals surface area contributed by atoms with Gasteiger partial charge in [-0.3, -0.25) is 0 Å². The first-order chi connectivity index (χ1) is 13.0. The standard InChI is InChI=1S/C24H28N2S/c1-17(25)19-15-22-21(14-20(19)23-10-7-13-27-23)24(2,3)11-12-26(22)16-18-8-5-4-6-9-18/h4-10,13-15,17H,11-12,16,25H2,1-3H3. The van der Waals surface area contributed by atoms with Gasteiger partial charge in [-0.2, -0.15) is 0 Å². The second kappa shape index (κ2) is 7.14. The van der Waals surface area contributed by atoms with Gasteiger partial charge in [0, 0.05) is 29.7 Å². The first-order valence-corrected chi connectivity index (χ1v) is 10.6. The summed E-state index contributed by atoms with van der Waals surface area (Å²) in [6.45, 7) is 8.85. The Morgan fingerprint density at radius 3 is 2.56 bits per heavy atom. The maximum absolute atomic E-state index is 6.41. The molecule has 1 aliphatic heterocycles. The molecule has 0 fully saturated rings. The summed E-state index contributed by atoms with van der Waals surface area (Å²) in [6, 6.07) is 19.9. The second-order valence-corrected chi connectivity index (χ2v) is 9.21. The SMILES string of the molecule is CC(N)c1cc2c(cc1-c1cccs1)C(C)(C)CCN2Cc1ccccc1. The number of anilines is 1. The summed E-state index contributed by atoms with van der Waals surface area (Å²) in [5, 5.41) is 2.15. The lowest BCUT2D eigenvalue weighted by molar-refractivity contribution is 0.452. The van der Waals surface area contributed by atoms with Crippen LogP contribution in [0.1, 0.15) is 49.9 Å². The molecule has 0 aliphatic carbocycles. The van der Waals surface area contributed by atoms with E-state index in [1.807, 2.05) is 0 Å². The summed E-state index contributed by atoms with van der Waals surface area (Å²) in [4.78, 5) is 3.83. The minimum Gasteiger partial charge on any atom is -0.367 e. The summed E-state index contributed by atoms with van der Waals surface area (Å²) in [7, 11) is 0. The molecule has 27 heavy (non-hydrogen) atoms. The van der Waals surface area contributed by atoms with Crippen molar-refractivity contribution in [3.8, 4) is 10.4 Å². The van der Waals surface area contributed by atoms with Gasteiger partial charge in [0.15, 0.2) is 0 Å². The van der Waals surface area contributed by atoms with Gasteiger partial charge < -0.3 is 10.6 Å². The number of rotatable bonds is 4. The Labute approximate surface area is 166 Å². The average molecular weight is 377 g/mol. The van der Waals surface area contributed by atoms with E-state index in [-0.39, 0.29) is 11.5 Å². The quantitative estimate of drug-likeness (QED) is 0.594. The third-order valence-corrected chi connectivity index (χ3v) is 6.64. The van der Waals surface area contributed by atoms with Gasteiger partial charge in [-0.15, -0.1) is 11.3 Å². The molecule has 0 saturated heterocycles. The Kier molecular flexibility index (Phi) is 4.83. The predicted octanol–water partition coefficient (Wildman–Crippen LogP) is 6.12. The average Bonchev–Trinajstić information content (AvgIpc) is 3.19. The van der Waals surface area contributed by atoms with Gasteiger partial charge in [0.2, 0.25) is 0 Å². The second-order valence-electron chi connectivity index (χ2n) is 8.26. The van der Waals surface area contributed by atoms with Crippen LogP contribution in [0.5, 0.6) is 0 Å². The van der Waals surface area contributed by atoms with E-state index >= 15 is 0 Å². The van der Waals surface area contributed by atoms with Gasteiger partial charge >= 0.3 is 0 Å². The molecular formula is C24H28N2S. The van der Waals surface area contributed by atoms with E-state index in [4.69, 9.17) is 5.73 Å². The fourth-order valence-electron chi connectivity index (χ4n) is 4.07. The van der Waals surface area contributed by atoms with Crippen LogP contribution in [0, 0.1) is 0 Å². The highest BCUT2D eigenvalue weighted by atomic mass is 32.1. The molecule has 140 valence electrons. The van der Waals surface area contributed by atoms with Crippen molar-refractivity contribution in [3.63, 3.8) is 0 Å². The third kappa shape index (κ3) is 3.54. The largest absolute Gasteiger partial charge is 0.367 e. The third-order valence-electron chi connectivity index (χ3n) is 5.74. The van der Waals surface area contributed by atoms with Crippen molar-refractivity contribution in [2.75, 3.05) is 11.4 Å². The Morgan fingerprint density at radius 2 is 1.89 bits per heavy atom. The highest BCUT2D eigenvalue weighted by Gasteiger charge is 2.32. The lowest BCUT2D eigenvalue weighted by Gasteiger charge is -2.41. The van der Waals surface area contributed by atoms with Crippen LogP contribution >= 0.6 is 11.3 Å². The molecule has 4 rings (SSSR count). The molecule has 1 aromatic heterocycles. The van der Waals surface area contributed by atoms with Crippen molar-refractivity contribution < 1.29 is 0 Å². The van der Waals surface area contributed by atoms with E-state index in [1.165, 1.54) is 32.8 Å². The Morgan fingerprint density at radius 1 is 1.11 bits per heavy atom. The van der Waals surface area contributed by atoms with E-state index in [0.717, 1.165) is 19.5 Å². The molecule has 0 radical (unpaired) electrons. The lowest BCUT2D eigenvalue weighted by atomic mass is 9.76. The van der Waals surface area contributed by atoms with Crippen LogP contribution in [0.4, 0.5) is 5.69 Å². The van der Waals surface area contributed by atoms with Crippen molar-refractivity contribution in [1.29, 1.82) is 0 Å². The maximum atomic E-state index is 6.41. The molecule has 1 unspecified atom stereocenters. The number of nitrogens with zero attached hydrogens (tertiary/aromatic N) is 1. The lowest BCUT2D eigenvalue weighted by Crippen LogP contribution is -2.37. The number of hydrogen-bond donors (Lipinski definition) is 1. The molecule has 2 aromatic carbocycles. The summed E-state index contributed by atoms with van der Waals surface area (Å²) in [5.74, 6) is 0. The summed E-state index contributed by atoms with van der Waals surface area (Å²) >= 11 is 1.79. The first kappa shape index (κ1) is 18.3. The fraction of sp³-hybridized carbons (Fsp3) is 0.333. The summed E-state index contributed by atoms with van der Waals surface area (Å²) in [6.07, 6.45) is 1.16. The first-order valence-electron chi connectivity index (χ1n) is 9.72. The Hall–Kier alpha value is -2.10. The molecule has 1 aliphatic rings. The summed E-state index contributed by atoms with van der Waals surface area (Å²) < 4.78 is 0. The Balaban J connectivity index is 1.84. The van der Waals surface area contributed by atoms with E-state index in [1.54, 1.807) is 11.3 Å². The number of nitrogens with two attached hydrogens (primary N) is 1. The topological polar surface area (TPSA) is 29.3 Å². The van der Waals surface area contributed by atoms with Crippen LogP contribution in [0.15, 0.2) is 60.0 Å². The van der Waals surface area contributed by atoms with Crippen molar-refractivity contribution in [1.82, 2.24) is 0 Å². The minimum atomic E-state index is 0.0102. The van der Waals surface area contributed by atoms with Crippen LogP contribution in [0.25, 0.3) is 10.4 Å².